The molecule has 1 aliphatic rings. The van der Waals surface area contributed by atoms with Crippen molar-refractivity contribution in [2.24, 2.45) is 0 Å². The second-order valence-corrected chi connectivity index (χ2v) is 3.78. The van der Waals surface area contributed by atoms with Crippen LogP contribution in [0.15, 0.2) is 18.2 Å². The Balaban J connectivity index is 2.41. The van der Waals surface area contributed by atoms with E-state index < -0.39 is 0 Å². The summed E-state index contributed by atoms with van der Waals surface area (Å²) in [7, 11) is 0. The maximum absolute atomic E-state index is 5.61. The van der Waals surface area contributed by atoms with Crippen molar-refractivity contribution in [1.29, 1.82) is 0 Å². The molecule has 0 aromatic heterocycles. The third-order valence-electron chi connectivity index (χ3n) is 2.82. The molecule has 1 atom stereocenters. The quantitative estimate of drug-likeness (QED) is 0.638. The van der Waals surface area contributed by atoms with Crippen LogP contribution in [0.1, 0.15) is 36.8 Å². The van der Waals surface area contributed by atoms with Crippen LogP contribution in [0.4, 0.5) is 0 Å². The van der Waals surface area contributed by atoms with E-state index in [1.165, 1.54) is 24.0 Å². The molecule has 13 heavy (non-hydrogen) atoms. The average Bonchev–Trinajstić information content (AvgIpc) is 2.17. The molecule has 0 saturated heterocycles. The molecule has 1 aromatic carbocycles. The molecule has 0 amide bonds. The summed E-state index contributed by atoms with van der Waals surface area (Å²) >= 11 is 0. The lowest BCUT2D eigenvalue weighted by atomic mass is 9.90. The summed E-state index contributed by atoms with van der Waals surface area (Å²) in [5, 5.41) is 0. The normalized spacial score (nSPS) is 20.6. The van der Waals surface area contributed by atoms with E-state index in [-0.39, 0.29) is 0 Å². The highest BCUT2D eigenvalue weighted by Crippen LogP contribution is 2.35. The van der Waals surface area contributed by atoms with Gasteiger partial charge in [0.1, 0.15) is 5.75 Å². The molecule has 1 aliphatic heterocycles. The van der Waals surface area contributed by atoms with E-state index in [1.54, 1.807) is 0 Å². The van der Waals surface area contributed by atoms with Gasteiger partial charge in [0.25, 0.3) is 0 Å². The van der Waals surface area contributed by atoms with Gasteiger partial charge in [-0.2, -0.15) is 0 Å². The van der Waals surface area contributed by atoms with E-state index in [4.69, 9.17) is 4.74 Å². The third-order valence-corrected chi connectivity index (χ3v) is 2.82. The van der Waals surface area contributed by atoms with E-state index in [9.17, 15) is 0 Å². The van der Waals surface area contributed by atoms with Crippen LogP contribution in [0, 0.1) is 6.92 Å². The Labute approximate surface area is 79.7 Å². The van der Waals surface area contributed by atoms with Crippen molar-refractivity contribution in [3.8, 4) is 5.75 Å². The number of hydrogen-bond acceptors (Lipinski definition) is 1. The van der Waals surface area contributed by atoms with Gasteiger partial charge in [0.15, 0.2) is 0 Å². The van der Waals surface area contributed by atoms with Gasteiger partial charge >= 0.3 is 0 Å². The van der Waals surface area contributed by atoms with Gasteiger partial charge in [0, 0.05) is 0 Å². The Kier molecular flexibility index (Phi) is 2.26. The molecule has 1 aromatic rings. The van der Waals surface area contributed by atoms with Crippen LogP contribution >= 0.6 is 0 Å². The molecule has 1 heteroatoms. The molecule has 0 fully saturated rings. The predicted octanol–water partition coefficient (Wildman–Crippen LogP) is 3.27. The van der Waals surface area contributed by atoms with Crippen molar-refractivity contribution < 1.29 is 4.74 Å². The molecular weight excluding hydrogens is 160 g/mol. The molecule has 0 spiro atoms. The number of benzene rings is 1. The van der Waals surface area contributed by atoms with Gasteiger partial charge in [0.2, 0.25) is 0 Å². The van der Waals surface area contributed by atoms with Gasteiger partial charge in [-0.1, -0.05) is 24.6 Å². The average molecular weight is 176 g/mol. The number of hydrogen-bond donors (Lipinski definition) is 0. The van der Waals surface area contributed by atoms with Gasteiger partial charge in [-0.3, -0.25) is 0 Å². The van der Waals surface area contributed by atoms with Crippen LogP contribution < -0.4 is 4.74 Å². The summed E-state index contributed by atoms with van der Waals surface area (Å²) in [5.74, 6) is 1.81. The van der Waals surface area contributed by atoms with Crippen molar-refractivity contribution in [1.82, 2.24) is 0 Å². The molecule has 1 heterocycles. The summed E-state index contributed by atoms with van der Waals surface area (Å²) in [6.45, 7) is 5.28. The summed E-state index contributed by atoms with van der Waals surface area (Å²) in [6.07, 6.45) is 2.40. The first-order chi connectivity index (χ1) is 6.31. The van der Waals surface area contributed by atoms with Crippen LogP contribution in [0.3, 0.4) is 0 Å². The smallest absolute Gasteiger partial charge is 0.122 e. The monoisotopic (exact) mass is 176 g/mol. The van der Waals surface area contributed by atoms with Crippen LogP contribution in [-0.2, 0) is 0 Å². The zero-order valence-corrected chi connectivity index (χ0v) is 8.34. The van der Waals surface area contributed by atoms with Gasteiger partial charge in [-0.25, -0.2) is 0 Å². The van der Waals surface area contributed by atoms with Crippen LogP contribution in [-0.4, -0.2) is 6.61 Å². The molecule has 0 N–H and O–H groups in total. The highest BCUT2D eigenvalue weighted by atomic mass is 16.5. The Bertz CT molecular complexity index is 304. The molecule has 0 bridgehead atoms. The first kappa shape index (κ1) is 8.61. The minimum atomic E-state index is 0.712. The third kappa shape index (κ3) is 1.55. The van der Waals surface area contributed by atoms with Crippen molar-refractivity contribution in [2.45, 2.75) is 32.6 Å². The maximum atomic E-state index is 5.61. The van der Waals surface area contributed by atoms with Crippen LogP contribution in [0.5, 0.6) is 5.75 Å². The van der Waals surface area contributed by atoms with E-state index in [0.717, 1.165) is 12.4 Å². The molecule has 2 rings (SSSR count). The standard InChI is InChI=1S/C12H16O/c1-3-10-6-7-13-12-5-4-9(2)8-11(10)12/h4-5,8,10H,3,6-7H2,1-2H3. The molecule has 0 radical (unpaired) electrons. The number of aryl methyl sites for hydroxylation is 1. The summed E-state index contributed by atoms with van der Waals surface area (Å²) in [4.78, 5) is 0. The van der Waals surface area contributed by atoms with E-state index in [2.05, 4.69) is 32.0 Å². The fourth-order valence-electron chi connectivity index (χ4n) is 2.01. The largest absolute Gasteiger partial charge is 0.493 e. The zero-order chi connectivity index (χ0) is 9.26. The van der Waals surface area contributed by atoms with Crippen LogP contribution in [0.25, 0.3) is 0 Å². The highest BCUT2D eigenvalue weighted by Gasteiger charge is 2.19. The fraction of sp³-hybridized carbons (Fsp3) is 0.500. The van der Waals surface area contributed by atoms with E-state index in [1.807, 2.05) is 0 Å². The van der Waals surface area contributed by atoms with Crippen LogP contribution in [0.2, 0.25) is 0 Å². The molecular formula is C12H16O. The lowest BCUT2D eigenvalue weighted by Gasteiger charge is -2.25. The number of ether oxygens (including phenoxy) is 1. The molecule has 0 saturated carbocycles. The van der Waals surface area contributed by atoms with Gasteiger partial charge in [0.05, 0.1) is 6.61 Å². The second kappa shape index (κ2) is 3.41. The molecule has 1 unspecified atom stereocenters. The van der Waals surface area contributed by atoms with Crippen molar-refractivity contribution in [2.75, 3.05) is 6.61 Å². The lowest BCUT2D eigenvalue weighted by molar-refractivity contribution is 0.265. The number of rotatable bonds is 1. The highest BCUT2D eigenvalue weighted by molar-refractivity contribution is 5.40. The topological polar surface area (TPSA) is 9.23 Å². The Morgan fingerprint density at radius 2 is 2.31 bits per heavy atom. The molecule has 1 nitrogen and oxygen atoms in total. The Morgan fingerprint density at radius 3 is 3.08 bits per heavy atom. The van der Waals surface area contributed by atoms with Crippen molar-refractivity contribution in [3.63, 3.8) is 0 Å². The Hall–Kier alpha value is -0.980. The lowest BCUT2D eigenvalue weighted by Crippen LogP contribution is -2.13. The van der Waals surface area contributed by atoms with Crippen molar-refractivity contribution in [3.05, 3.63) is 29.3 Å². The predicted molar refractivity (Wildman–Crippen MR) is 54.3 cm³/mol. The first-order valence-electron chi connectivity index (χ1n) is 5.04. The maximum Gasteiger partial charge on any atom is 0.122 e. The summed E-state index contributed by atoms with van der Waals surface area (Å²) in [5.41, 5.74) is 2.75. The zero-order valence-electron chi connectivity index (χ0n) is 8.34. The Morgan fingerprint density at radius 1 is 1.46 bits per heavy atom. The minimum Gasteiger partial charge on any atom is -0.493 e. The SMILES string of the molecule is CCC1CCOc2ccc(C)cc21. The van der Waals surface area contributed by atoms with Crippen molar-refractivity contribution >= 4 is 0 Å². The van der Waals surface area contributed by atoms with E-state index in [0.29, 0.717) is 5.92 Å². The fourth-order valence-corrected chi connectivity index (χ4v) is 2.01. The van der Waals surface area contributed by atoms with Gasteiger partial charge < -0.3 is 4.74 Å². The minimum absolute atomic E-state index is 0.712. The van der Waals surface area contributed by atoms with Gasteiger partial charge in [-0.15, -0.1) is 0 Å². The first-order valence-corrected chi connectivity index (χ1v) is 5.04. The van der Waals surface area contributed by atoms with E-state index >= 15 is 0 Å². The molecule has 0 aliphatic carbocycles. The number of fused-ring (bicyclic) bond motifs is 1. The summed E-state index contributed by atoms with van der Waals surface area (Å²) in [6, 6.07) is 6.49. The molecule has 70 valence electrons. The van der Waals surface area contributed by atoms with Gasteiger partial charge in [-0.05, 0) is 37.3 Å². The second-order valence-electron chi connectivity index (χ2n) is 3.78. The summed E-state index contributed by atoms with van der Waals surface area (Å²) < 4.78 is 5.61.